The number of nitrogens with zero attached hydrogens (tertiary/aromatic N) is 2. The smallest absolute Gasteiger partial charge is 0.316 e. The number of rotatable bonds is 5. The molecule has 0 saturated heterocycles. The zero-order valence-electron chi connectivity index (χ0n) is 11.1. The fourth-order valence-corrected chi connectivity index (χ4v) is 2.00. The summed E-state index contributed by atoms with van der Waals surface area (Å²) in [5, 5.41) is 17.9. The zero-order valence-corrected chi connectivity index (χ0v) is 11.1. The van der Waals surface area contributed by atoms with Crippen LogP contribution in [0.5, 0.6) is 0 Å². The summed E-state index contributed by atoms with van der Waals surface area (Å²) in [6.07, 6.45) is 0.566. The van der Waals surface area contributed by atoms with Crippen molar-refractivity contribution in [2.24, 2.45) is 0 Å². The summed E-state index contributed by atoms with van der Waals surface area (Å²) < 4.78 is 5.10. The highest BCUT2D eigenvalue weighted by molar-refractivity contribution is 5.83. The lowest BCUT2D eigenvalue weighted by Crippen LogP contribution is -2.35. The van der Waals surface area contributed by atoms with Crippen LogP contribution < -0.4 is 0 Å². The van der Waals surface area contributed by atoms with E-state index in [1.165, 1.54) is 0 Å². The van der Waals surface area contributed by atoms with Gasteiger partial charge in [0.2, 0.25) is 0 Å². The maximum atomic E-state index is 12.2. The fourth-order valence-electron chi connectivity index (χ4n) is 2.00. The second-order valence-electron chi connectivity index (χ2n) is 4.37. The van der Waals surface area contributed by atoms with E-state index in [2.05, 4.69) is 6.07 Å². The second kappa shape index (κ2) is 6.56. The molecule has 1 aromatic carbocycles. The van der Waals surface area contributed by atoms with Crippen LogP contribution >= 0.6 is 0 Å². The lowest BCUT2D eigenvalue weighted by atomic mass is 9.76. The number of benzene rings is 1. The molecule has 1 aromatic rings. The van der Waals surface area contributed by atoms with Crippen LogP contribution in [0.3, 0.4) is 0 Å². The molecular weight excluding hydrogens is 240 g/mol. The molecule has 19 heavy (non-hydrogen) atoms. The van der Waals surface area contributed by atoms with E-state index >= 15 is 0 Å². The van der Waals surface area contributed by atoms with Crippen molar-refractivity contribution in [1.29, 1.82) is 10.5 Å². The van der Waals surface area contributed by atoms with Crippen molar-refractivity contribution >= 4 is 5.97 Å². The van der Waals surface area contributed by atoms with Gasteiger partial charge in [-0.15, -0.1) is 0 Å². The van der Waals surface area contributed by atoms with Crippen molar-refractivity contribution in [2.45, 2.75) is 32.1 Å². The summed E-state index contributed by atoms with van der Waals surface area (Å²) in [7, 11) is 0. The highest BCUT2D eigenvalue weighted by Gasteiger charge is 2.38. The molecule has 1 rings (SSSR count). The molecule has 0 aromatic heterocycles. The van der Waals surface area contributed by atoms with Gasteiger partial charge in [-0.25, -0.2) is 0 Å². The predicted molar refractivity (Wildman–Crippen MR) is 70.0 cm³/mol. The molecule has 0 radical (unpaired) electrons. The molecule has 0 aliphatic heterocycles. The van der Waals surface area contributed by atoms with Crippen molar-refractivity contribution < 1.29 is 9.53 Å². The lowest BCUT2D eigenvalue weighted by molar-refractivity contribution is -0.149. The minimum absolute atomic E-state index is 0.231. The largest absolute Gasteiger partial charge is 0.465 e. The van der Waals surface area contributed by atoms with Crippen molar-refractivity contribution in [3.05, 3.63) is 35.4 Å². The number of hydrogen-bond donors (Lipinski definition) is 0. The molecule has 98 valence electrons. The molecule has 0 heterocycles. The van der Waals surface area contributed by atoms with Gasteiger partial charge < -0.3 is 4.74 Å². The number of esters is 1. The van der Waals surface area contributed by atoms with Gasteiger partial charge in [0, 0.05) is 6.42 Å². The minimum Gasteiger partial charge on any atom is -0.465 e. The standard InChI is InChI=1S/C15H16N2O2/c1-3-19-14(18)15(2,9-6-10-16)13-8-5-4-7-12(13)11-17/h4-5,7-8H,3,6,9H2,1-2H3. The van der Waals surface area contributed by atoms with Gasteiger partial charge in [-0.05, 0) is 31.9 Å². The van der Waals surface area contributed by atoms with Crippen LogP contribution in [-0.4, -0.2) is 12.6 Å². The average molecular weight is 256 g/mol. The summed E-state index contributed by atoms with van der Waals surface area (Å²) in [6, 6.07) is 11.1. The van der Waals surface area contributed by atoms with Gasteiger partial charge in [-0.3, -0.25) is 4.79 Å². The third-order valence-electron chi connectivity index (χ3n) is 3.10. The normalized spacial score (nSPS) is 12.8. The Balaban J connectivity index is 3.27. The first kappa shape index (κ1) is 14.7. The highest BCUT2D eigenvalue weighted by atomic mass is 16.5. The zero-order chi connectivity index (χ0) is 14.3. The Morgan fingerprint density at radius 3 is 2.63 bits per heavy atom. The van der Waals surface area contributed by atoms with Gasteiger partial charge >= 0.3 is 5.97 Å². The monoisotopic (exact) mass is 256 g/mol. The quantitative estimate of drug-likeness (QED) is 0.759. The summed E-state index contributed by atoms with van der Waals surface area (Å²) in [4.78, 5) is 12.2. The third-order valence-corrected chi connectivity index (χ3v) is 3.10. The van der Waals surface area contributed by atoms with Crippen LogP contribution in [0, 0.1) is 22.7 Å². The summed E-state index contributed by atoms with van der Waals surface area (Å²) in [5.74, 6) is -0.395. The maximum Gasteiger partial charge on any atom is 0.316 e. The van der Waals surface area contributed by atoms with Crippen molar-refractivity contribution in [2.75, 3.05) is 6.61 Å². The Bertz CT molecular complexity index is 540. The van der Waals surface area contributed by atoms with E-state index < -0.39 is 11.4 Å². The summed E-state index contributed by atoms with van der Waals surface area (Å²) in [5.41, 5.74) is 0.0973. The third kappa shape index (κ3) is 3.11. The van der Waals surface area contributed by atoms with Crippen LogP contribution in [0.15, 0.2) is 24.3 Å². The Hall–Kier alpha value is -2.33. The Labute approximate surface area is 113 Å². The van der Waals surface area contributed by atoms with Gasteiger partial charge in [-0.1, -0.05) is 18.2 Å². The number of carbonyl (C=O) groups is 1. The molecule has 4 nitrogen and oxygen atoms in total. The molecule has 0 aliphatic rings. The van der Waals surface area contributed by atoms with Crippen LogP contribution in [0.25, 0.3) is 0 Å². The van der Waals surface area contributed by atoms with Gasteiger partial charge in [0.1, 0.15) is 0 Å². The van der Waals surface area contributed by atoms with Crippen LogP contribution in [-0.2, 0) is 14.9 Å². The summed E-state index contributed by atoms with van der Waals surface area (Å²) in [6.45, 7) is 3.73. The molecule has 1 atom stereocenters. The first-order valence-electron chi connectivity index (χ1n) is 6.14. The van der Waals surface area contributed by atoms with Gasteiger partial charge in [-0.2, -0.15) is 10.5 Å². The van der Waals surface area contributed by atoms with Crippen LogP contribution in [0.1, 0.15) is 37.8 Å². The molecular formula is C15H16N2O2. The van der Waals surface area contributed by atoms with Gasteiger partial charge in [0.25, 0.3) is 0 Å². The van der Waals surface area contributed by atoms with Crippen LogP contribution in [0.4, 0.5) is 0 Å². The Kier molecular flexibility index (Phi) is 5.09. The van der Waals surface area contributed by atoms with E-state index in [-0.39, 0.29) is 13.0 Å². The fraction of sp³-hybridized carbons (Fsp3) is 0.400. The van der Waals surface area contributed by atoms with E-state index in [0.29, 0.717) is 17.5 Å². The Morgan fingerprint density at radius 1 is 1.37 bits per heavy atom. The van der Waals surface area contributed by atoms with E-state index in [4.69, 9.17) is 15.3 Å². The molecule has 0 N–H and O–H groups in total. The first-order chi connectivity index (χ1) is 9.10. The maximum absolute atomic E-state index is 12.2. The lowest BCUT2D eigenvalue weighted by Gasteiger charge is -2.27. The van der Waals surface area contributed by atoms with E-state index in [1.807, 2.05) is 6.07 Å². The number of carbonyl (C=O) groups excluding carboxylic acids is 1. The van der Waals surface area contributed by atoms with E-state index in [1.54, 1.807) is 38.1 Å². The van der Waals surface area contributed by atoms with E-state index in [9.17, 15) is 4.79 Å². The molecule has 0 saturated carbocycles. The Morgan fingerprint density at radius 2 is 2.05 bits per heavy atom. The number of ether oxygens (including phenoxy) is 1. The average Bonchev–Trinajstić information content (AvgIpc) is 2.44. The predicted octanol–water partition coefficient (Wildman–Crippen LogP) is 2.68. The molecule has 0 amide bonds. The van der Waals surface area contributed by atoms with Gasteiger partial charge in [0.15, 0.2) is 0 Å². The molecule has 0 bridgehead atoms. The summed E-state index contributed by atoms with van der Waals surface area (Å²) >= 11 is 0. The van der Waals surface area contributed by atoms with E-state index in [0.717, 1.165) is 0 Å². The topological polar surface area (TPSA) is 73.9 Å². The second-order valence-corrected chi connectivity index (χ2v) is 4.37. The van der Waals surface area contributed by atoms with Crippen molar-refractivity contribution in [1.82, 2.24) is 0 Å². The molecule has 0 fully saturated rings. The van der Waals surface area contributed by atoms with Crippen molar-refractivity contribution in [3.63, 3.8) is 0 Å². The number of nitriles is 2. The molecule has 0 spiro atoms. The highest BCUT2D eigenvalue weighted by Crippen LogP contribution is 2.32. The first-order valence-corrected chi connectivity index (χ1v) is 6.14. The van der Waals surface area contributed by atoms with Crippen LogP contribution in [0.2, 0.25) is 0 Å². The number of hydrogen-bond acceptors (Lipinski definition) is 4. The molecule has 0 aliphatic carbocycles. The van der Waals surface area contributed by atoms with Gasteiger partial charge in [0.05, 0.1) is 29.7 Å². The van der Waals surface area contributed by atoms with Crippen molar-refractivity contribution in [3.8, 4) is 12.1 Å². The SMILES string of the molecule is CCOC(=O)C(C)(CCC#N)c1ccccc1C#N. The molecule has 1 unspecified atom stereocenters. The minimum atomic E-state index is -0.960. The molecule has 4 heteroatoms.